The third-order valence-corrected chi connectivity index (χ3v) is 5.83. The number of carbonyl (C=O) groups excluding carboxylic acids is 1. The van der Waals surface area contributed by atoms with Crippen LogP contribution in [0.25, 0.3) is 5.69 Å². The van der Waals surface area contributed by atoms with Crippen molar-refractivity contribution >= 4 is 5.91 Å². The van der Waals surface area contributed by atoms with E-state index in [2.05, 4.69) is 5.10 Å². The second-order valence-corrected chi connectivity index (χ2v) is 7.76. The number of likely N-dealkylation sites (tertiary alicyclic amines) is 1. The molecule has 2 saturated heterocycles. The summed E-state index contributed by atoms with van der Waals surface area (Å²) in [6, 6.07) is 10.1. The van der Waals surface area contributed by atoms with E-state index in [0.717, 1.165) is 56.6 Å². The first-order valence-electron chi connectivity index (χ1n) is 9.90. The van der Waals surface area contributed by atoms with Gasteiger partial charge in [-0.2, -0.15) is 5.10 Å². The SMILES string of the molecule is Cc1cn(-c2ccccc2)nc1C(=O)N1CCC(C2CC(N)CCO2)CC1. The largest absolute Gasteiger partial charge is 0.378 e. The second-order valence-electron chi connectivity index (χ2n) is 7.76. The standard InChI is InChI=1S/C21H28N4O2/c1-15-14-25(18-5-3-2-4-6-18)23-20(15)21(26)24-10-7-16(8-11-24)19-13-17(22)9-12-27-19/h2-6,14,16-17,19H,7-13,22H2,1H3. The number of aromatic nitrogens is 2. The molecular weight excluding hydrogens is 340 g/mol. The summed E-state index contributed by atoms with van der Waals surface area (Å²) in [7, 11) is 0. The minimum Gasteiger partial charge on any atom is -0.378 e. The lowest BCUT2D eigenvalue weighted by Crippen LogP contribution is -2.45. The molecule has 6 heteroatoms. The van der Waals surface area contributed by atoms with Crippen LogP contribution in [-0.4, -0.2) is 52.4 Å². The van der Waals surface area contributed by atoms with E-state index in [1.807, 2.05) is 48.4 Å². The van der Waals surface area contributed by atoms with E-state index in [1.54, 1.807) is 4.68 Å². The van der Waals surface area contributed by atoms with Crippen LogP contribution >= 0.6 is 0 Å². The molecule has 0 aliphatic carbocycles. The van der Waals surface area contributed by atoms with Gasteiger partial charge < -0.3 is 15.4 Å². The number of hydrogen-bond donors (Lipinski definition) is 1. The van der Waals surface area contributed by atoms with E-state index >= 15 is 0 Å². The number of nitrogens with two attached hydrogens (primary N) is 1. The molecule has 2 atom stereocenters. The van der Waals surface area contributed by atoms with Gasteiger partial charge in [0.1, 0.15) is 0 Å². The molecule has 3 heterocycles. The number of amides is 1. The third kappa shape index (κ3) is 3.92. The Morgan fingerprint density at radius 3 is 2.63 bits per heavy atom. The fraction of sp³-hybridized carbons (Fsp3) is 0.524. The number of nitrogens with zero attached hydrogens (tertiary/aromatic N) is 3. The number of aryl methyl sites for hydroxylation is 1. The highest BCUT2D eigenvalue weighted by Crippen LogP contribution is 2.29. The van der Waals surface area contributed by atoms with Crippen LogP contribution in [0.5, 0.6) is 0 Å². The van der Waals surface area contributed by atoms with E-state index in [1.165, 1.54) is 0 Å². The van der Waals surface area contributed by atoms with E-state index in [4.69, 9.17) is 10.5 Å². The molecule has 1 amide bonds. The number of ether oxygens (including phenoxy) is 1. The van der Waals surface area contributed by atoms with Crippen LogP contribution in [0.3, 0.4) is 0 Å². The summed E-state index contributed by atoms with van der Waals surface area (Å²) in [4.78, 5) is 14.9. The number of rotatable bonds is 3. The van der Waals surface area contributed by atoms with Gasteiger partial charge in [-0.3, -0.25) is 4.79 Å². The summed E-state index contributed by atoms with van der Waals surface area (Å²) in [5.74, 6) is 0.533. The Kier molecular flexibility index (Phi) is 5.27. The van der Waals surface area contributed by atoms with E-state index in [-0.39, 0.29) is 18.1 Å². The summed E-state index contributed by atoms with van der Waals surface area (Å²) in [5, 5.41) is 4.56. The highest BCUT2D eigenvalue weighted by molar-refractivity contribution is 5.93. The fourth-order valence-corrected chi connectivity index (χ4v) is 4.19. The zero-order chi connectivity index (χ0) is 18.8. The Labute approximate surface area is 160 Å². The topological polar surface area (TPSA) is 73.4 Å². The summed E-state index contributed by atoms with van der Waals surface area (Å²) >= 11 is 0. The summed E-state index contributed by atoms with van der Waals surface area (Å²) in [6.07, 6.45) is 6.02. The molecular formula is C21H28N4O2. The Morgan fingerprint density at radius 2 is 1.93 bits per heavy atom. The van der Waals surface area contributed by atoms with Crippen molar-refractivity contribution in [3.63, 3.8) is 0 Å². The van der Waals surface area contributed by atoms with E-state index in [0.29, 0.717) is 11.6 Å². The summed E-state index contributed by atoms with van der Waals surface area (Å²) < 4.78 is 7.72. The van der Waals surface area contributed by atoms with Gasteiger partial charge in [-0.25, -0.2) is 4.68 Å². The molecule has 4 rings (SSSR count). The molecule has 2 fully saturated rings. The number of piperidine rings is 1. The van der Waals surface area contributed by atoms with Crippen LogP contribution in [-0.2, 0) is 4.74 Å². The molecule has 2 unspecified atom stereocenters. The lowest BCUT2D eigenvalue weighted by atomic mass is 9.86. The van der Waals surface area contributed by atoms with Crippen LogP contribution in [0.15, 0.2) is 36.5 Å². The van der Waals surface area contributed by atoms with Gasteiger partial charge in [0.05, 0.1) is 11.8 Å². The van der Waals surface area contributed by atoms with Crippen molar-refractivity contribution in [1.82, 2.24) is 14.7 Å². The second kappa shape index (κ2) is 7.82. The van der Waals surface area contributed by atoms with Gasteiger partial charge in [-0.05, 0) is 50.7 Å². The minimum atomic E-state index is 0.0295. The zero-order valence-corrected chi connectivity index (χ0v) is 15.9. The van der Waals surface area contributed by atoms with Crippen molar-refractivity contribution in [3.05, 3.63) is 47.8 Å². The monoisotopic (exact) mass is 368 g/mol. The van der Waals surface area contributed by atoms with Crippen molar-refractivity contribution in [1.29, 1.82) is 0 Å². The molecule has 6 nitrogen and oxygen atoms in total. The highest BCUT2D eigenvalue weighted by Gasteiger charge is 2.33. The van der Waals surface area contributed by atoms with Gasteiger partial charge in [0, 0.05) is 37.5 Å². The smallest absolute Gasteiger partial charge is 0.274 e. The van der Waals surface area contributed by atoms with Crippen molar-refractivity contribution in [2.75, 3.05) is 19.7 Å². The van der Waals surface area contributed by atoms with Gasteiger partial charge in [-0.15, -0.1) is 0 Å². The Hall–Kier alpha value is -2.18. The van der Waals surface area contributed by atoms with Crippen molar-refractivity contribution in [2.24, 2.45) is 11.7 Å². The van der Waals surface area contributed by atoms with Crippen LogP contribution in [0.2, 0.25) is 0 Å². The van der Waals surface area contributed by atoms with Crippen LogP contribution < -0.4 is 5.73 Å². The quantitative estimate of drug-likeness (QED) is 0.904. The molecule has 1 aromatic heterocycles. The lowest BCUT2D eigenvalue weighted by molar-refractivity contribution is -0.0420. The maximum Gasteiger partial charge on any atom is 0.274 e. The first-order chi connectivity index (χ1) is 13.1. The third-order valence-electron chi connectivity index (χ3n) is 5.83. The first-order valence-corrected chi connectivity index (χ1v) is 9.90. The predicted octanol–water partition coefficient (Wildman–Crippen LogP) is 2.54. The van der Waals surface area contributed by atoms with Gasteiger partial charge in [0.2, 0.25) is 0 Å². The molecule has 27 heavy (non-hydrogen) atoms. The van der Waals surface area contributed by atoms with Gasteiger partial charge in [0.25, 0.3) is 5.91 Å². The van der Waals surface area contributed by atoms with E-state index < -0.39 is 0 Å². The van der Waals surface area contributed by atoms with E-state index in [9.17, 15) is 4.79 Å². The normalized spacial score (nSPS) is 24.1. The zero-order valence-electron chi connectivity index (χ0n) is 15.9. The molecule has 144 valence electrons. The molecule has 0 radical (unpaired) electrons. The van der Waals surface area contributed by atoms with Gasteiger partial charge in [-0.1, -0.05) is 18.2 Å². The van der Waals surface area contributed by atoms with Crippen LogP contribution in [0.4, 0.5) is 0 Å². The molecule has 0 spiro atoms. The highest BCUT2D eigenvalue weighted by atomic mass is 16.5. The maximum atomic E-state index is 13.0. The number of hydrogen-bond acceptors (Lipinski definition) is 4. The number of benzene rings is 1. The van der Waals surface area contributed by atoms with Crippen molar-refractivity contribution in [3.8, 4) is 5.69 Å². The number of carbonyl (C=O) groups is 1. The molecule has 2 aromatic rings. The molecule has 2 aliphatic heterocycles. The van der Waals surface area contributed by atoms with Gasteiger partial charge in [0.15, 0.2) is 5.69 Å². The fourth-order valence-electron chi connectivity index (χ4n) is 4.19. The minimum absolute atomic E-state index is 0.0295. The maximum absolute atomic E-state index is 13.0. The lowest BCUT2D eigenvalue weighted by Gasteiger charge is -2.38. The average Bonchev–Trinajstić information content (AvgIpc) is 3.10. The van der Waals surface area contributed by atoms with Crippen molar-refractivity contribution < 1.29 is 9.53 Å². The Morgan fingerprint density at radius 1 is 1.19 bits per heavy atom. The molecule has 0 saturated carbocycles. The molecule has 0 bridgehead atoms. The summed E-state index contributed by atoms with van der Waals surface area (Å²) in [5.41, 5.74) is 8.52. The van der Waals surface area contributed by atoms with Crippen molar-refractivity contribution in [2.45, 2.75) is 44.8 Å². The predicted molar refractivity (Wildman–Crippen MR) is 104 cm³/mol. The number of para-hydroxylation sites is 1. The molecule has 2 N–H and O–H groups in total. The first kappa shape index (κ1) is 18.2. The van der Waals surface area contributed by atoms with Gasteiger partial charge >= 0.3 is 0 Å². The Bertz CT molecular complexity index is 781. The summed E-state index contributed by atoms with van der Waals surface area (Å²) in [6.45, 7) is 4.23. The molecule has 1 aromatic carbocycles. The molecule has 2 aliphatic rings. The van der Waals surface area contributed by atoms with Crippen LogP contribution in [0.1, 0.15) is 41.7 Å². The van der Waals surface area contributed by atoms with Crippen LogP contribution in [0, 0.1) is 12.8 Å². The Balaban J connectivity index is 1.40. The average molecular weight is 368 g/mol.